The van der Waals surface area contributed by atoms with Crippen LogP contribution >= 0.6 is 0 Å². The summed E-state index contributed by atoms with van der Waals surface area (Å²) in [5.74, 6) is -0.305. The van der Waals surface area contributed by atoms with Crippen molar-refractivity contribution in [2.24, 2.45) is 5.92 Å². The number of alkyl halides is 3. The Morgan fingerprint density at radius 2 is 1.83 bits per heavy atom. The van der Waals surface area contributed by atoms with Gasteiger partial charge in [0.1, 0.15) is 11.5 Å². The van der Waals surface area contributed by atoms with Gasteiger partial charge in [0.05, 0.1) is 0 Å². The summed E-state index contributed by atoms with van der Waals surface area (Å²) in [6.07, 6.45) is 0.282. The van der Waals surface area contributed by atoms with Crippen LogP contribution in [0.25, 0.3) is 0 Å². The molecule has 3 nitrogen and oxygen atoms in total. The smallest absolute Gasteiger partial charge is 0.405 e. The van der Waals surface area contributed by atoms with E-state index in [1.54, 1.807) is 6.07 Å². The first-order valence-corrected chi connectivity index (χ1v) is 8.42. The Bertz CT molecular complexity index is 588. The molecule has 3 rings (SSSR count). The van der Waals surface area contributed by atoms with Crippen LogP contribution in [0.5, 0.6) is 5.75 Å². The second-order valence-corrected chi connectivity index (χ2v) is 6.87. The highest BCUT2D eigenvalue weighted by atomic mass is 19.4. The van der Waals surface area contributed by atoms with Crippen LogP contribution < -0.4 is 4.74 Å². The molecule has 1 aromatic rings. The van der Waals surface area contributed by atoms with Gasteiger partial charge in [-0.3, -0.25) is 4.79 Å². The number of fused-ring (bicyclic) bond motifs is 2. The Morgan fingerprint density at radius 1 is 1.21 bits per heavy atom. The maximum Gasteiger partial charge on any atom is 0.573 e. The normalized spacial score (nSPS) is 27.8. The highest BCUT2D eigenvalue weighted by Crippen LogP contribution is 2.37. The zero-order chi connectivity index (χ0) is 17.3. The molecule has 1 aromatic carbocycles. The third-order valence-corrected chi connectivity index (χ3v) is 5.36. The van der Waals surface area contributed by atoms with Gasteiger partial charge in [-0.05, 0) is 38.8 Å². The maximum atomic E-state index is 12.7. The lowest BCUT2D eigenvalue weighted by atomic mass is 9.76. The predicted octanol–water partition coefficient (Wildman–Crippen LogP) is 3.96. The van der Waals surface area contributed by atoms with E-state index in [1.165, 1.54) is 24.6 Å². The summed E-state index contributed by atoms with van der Waals surface area (Å²) < 4.78 is 41.6. The highest BCUT2D eigenvalue weighted by Gasteiger charge is 2.39. The van der Waals surface area contributed by atoms with E-state index < -0.39 is 6.36 Å². The number of hydrogen-bond acceptors (Lipinski definition) is 3. The molecule has 2 heterocycles. The number of Topliss-reactive ketones (excluding diaryl/α,β-unsaturated/α-hetero) is 1. The van der Waals surface area contributed by atoms with Gasteiger partial charge < -0.3 is 9.64 Å². The minimum Gasteiger partial charge on any atom is -0.405 e. The van der Waals surface area contributed by atoms with Crippen molar-refractivity contribution in [3.05, 3.63) is 29.8 Å². The average molecular weight is 341 g/mol. The van der Waals surface area contributed by atoms with E-state index in [0.717, 1.165) is 25.7 Å². The monoisotopic (exact) mass is 341 g/mol. The van der Waals surface area contributed by atoms with E-state index in [4.69, 9.17) is 0 Å². The Labute approximate surface area is 139 Å². The number of rotatable bonds is 4. The Morgan fingerprint density at radius 3 is 2.46 bits per heavy atom. The molecule has 0 saturated carbocycles. The first-order chi connectivity index (χ1) is 11.3. The van der Waals surface area contributed by atoms with Crippen LogP contribution in [0.4, 0.5) is 13.2 Å². The topological polar surface area (TPSA) is 29.5 Å². The molecule has 6 heteroatoms. The van der Waals surface area contributed by atoms with Gasteiger partial charge >= 0.3 is 6.36 Å². The van der Waals surface area contributed by atoms with E-state index >= 15 is 0 Å². The van der Waals surface area contributed by atoms with E-state index in [1.807, 2.05) is 0 Å². The Hall–Kier alpha value is -1.56. The van der Waals surface area contributed by atoms with Crippen molar-refractivity contribution in [1.82, 2.24) is 4.90 Å². The summed E-state index contributed by atoms with van der Waals surface area (Å²) in [6.45, 7) is 0. The number of para-hydroxylation sites is 1. The lowest BCUT2D eigenvalue weighted by Crippen LogP contribution is -2.51. The third kappa shape index (κ3) is 3.91. The summed E-state index contributed by atoms with van der Waals surface area (Å²) in [5.41, 5.74) is 0.309. The molecular weight excluding hydrogens is 319 g/mol. The van der Waals surface area contributed by atoms with E-state index in [9.17, 15) is 18.0 Å². The van der Waals surface area contributed by atoms with Gasteiger partial charge in [0.2, 0.25) is 0 Å². The van der Waals surface area contributed by atoms with Crippen LogP contribution in [0.15, 0.2) is 24.3 Å². The van der Waals surface area contributed by atoms with Crippen molar-refractivity contribution in [2.75, 3.05) is 7.05 Å². The van der Waals surface area contributed by atoms with Gasteiger partial charge in [-0.1, -0.05) is 24.6 Å². The van der Waals surface area contributed by atoms with Gasteiger partial charge in [0.15, 0.2) is 0 Å². The molecule has 24 heavy (non-hydrogen) atoms. The second-order valence-electron chi connectivity index (χ2n) is 6.87. The molecule has 2 atom stereocenters. The summed E-state index contributed by atoms with van der Waals surface area (Å²) in [6, 6.07) is 6.76. The predicted molar refractivity (Wildman–Crippen MR) is 83.8 cm³/mol. The first kappa shape index (κ1) is 17.3. The van der Waals surface area contributed by atoms with Crippen molar-refractivity contribution < 1.29 is 22.7 Å². The second kappa shape index (κ2) is 6.75. The molecule has 0 aliphatic carbocycles. The number of halogens is 3. The fourth-order valence-electron chi connectivity index (χ4n) is 4.08. The van der Waals surface area contributed by atoms with Crippen molar-refractivity contribution in [3.8, 4) is 5.75 Å². The molecule has 0 N–H and O–H groups in total. The van der Waals surface area contributed by atoms with Crippen LogP contribution in [-0.4, -0.2) is 36.2 Å². The Balaban J connectivity index is 1.69. The molecule has 0 aromatic heterocycles. The summed E-state index contributed by atoms with van der Waals surface area (Å²) in [5, 5.41) is 0. The molecule has 2 bridgehead atoms. The molecule has 2 saturated heterocycles. The maximum absolute atomic E-state index is 12.7. The molecule has 132 valence electrons. The zero-order valence-corrected chi connectivity index (χ0v) is 13.7. The number of carbonyl (C=O) groups is 1. The zero-order valence-electron chi connectivity index (χ0n) is 13.7. The lowest BCUT2D eigenvalue weighted by molar-refractivity contribution is -0.274. The molecule has 2 aliphatic heterocycles. The largest absolute Gasteiger partial charge is 0.573 e. The van der Waals surface area contributed by atoms with Crippen LogP contribution in [-0.2, 0) is 11.2 Å². The highest BCUT2D eigenvalue weighted by molar-refractivity contribution is 5.84. The molecule has 0 amide bonds. The van der Waals surface area contributed by atoms with Gasteiger partial charge in [0, 0.05) is 30.0 Å². The molecule has 2 unspecified atom stereocenters. The number of hydrogen-bond donors (Lipinski definition) is 0. The van der Waals surface area contributed by atoms with Gasteiger partial charge in [-0.15, -0.1) is 13.2 Å². The minimum atomic E-state index is -4.75. The van der Waals surface area contributed by atoms with Crippen molar-refractivity contribution in [2.45, 2.75) is 57.0 Å². The van der Waals surface area contributed by atoms with Crippen molar-refractivity contribution in [3.63, 3.8) is 0 Å². The molecule has 0 radical (unpaired) electrons. The van der Waals surface area contributed by atoms with Crippen LogP contribution in [0, 0.1) is 5.92 Å². The number of carbonyl (C=O) groups excluding carboxylic acids is 1. The number of nitrogens with zero attached hydrogens (tertiary/aromatic N) is 1. The van der Waals surface area contributed by atoms with E-state index in [0.29, 0.717) is 17.6 Å². The first-order valence-electron chi connectivity index (χ1n) is 8.42. The van der Waals surface area contributed by atoms with Crippen LogP contribution in [0.1, 0.15) is 37.7 Å². The van der Waals surface area contributed by atoms with Gasteiger partial charge in [-0.25, -0.2) is 0 Å². The number of piperidine rings is 2. The Kier molecular flexibility index (Phi) is 4.85. The number of ether oxygens (including phenoxy) is 1. The molecule has 0 spiro atoms. The number of benzene rings is 1. The quantitative estimate of drug-likeness (QED) is 0.830. The van der Waals surface area contributed by atoms with Crippen molar-refractivity contribution in [1.29, 1.82) is 0 Å². The van der Waals surface area contributed by atoms with Gasteiger partial charge in [-0.2, -0.15) is 0 Å². The summed E-state index contributed by atoms with van der Waals surface area (Å²) in [4.78, 5) is 15.0. The number of ketones is 1. The summed E-state index contributed by atoms with van der Waals surface area (Å²) >= 11 is 0. The fourth-order valence-corrected chi connectivity index (χ4v) is 4.08. The lowest BCUT2D eigenvalue weighted by Gasteiger charge is -2.46. The molecular formula is C18H22F3NO2. The minimum absolute atomic E-state index is 0.0000737. The van der Waals surface area contributed by atoms with Crippen molar-refractivity contribution >= 4 is 5.78 Å². The van der Waals surface area contributed by atoms with Gasteiger partial charge in [0.25, 0.3) is 0 Å². The van der Waals surface area contributed by atoms with Crippen LogP contribution in [0.3, 0.4) is 0 Å². The average Bonchev–Trinajstić information content (AvgIpc) is 2.47. The van der Waals surface area contributed by atoms with E-state index in [2.05, 4.69) is 16.7 Å². The van der Waals surface area contributed by atoms with E-state index in [-0.39, 0.29) is 23.9 Å². The third-order valence-electron chi connectivity index (χ3n) is 5.36. The molecule has 2 aliphatic rings. The van der Waals surface area contributed by atoms with Crippen LogP contribution in [0.2, 0.25) is 0 Å². The standard InChI is InChI=1S/C18H22F3NO2/c1-22-14-6-4-7-15(22)10-13(9-14)16(23)11-12-5-2-3-8-17(12)24-18(19,20)21/h2-3,5,8,13-15H,4,6-7,9-11H2,1H3. The SMILES string of the molecule is CN1C2CCCC1CC(C(=O)Cc1ccccc1OC(F)(F)F)C2. The summed E-state index contributed by atoms with van der Waals surface area (Å²) in [7, 11) is 2.11. The fraction of sp³-hybridized carbons (Fsp3) is 0.611. The molecule has 2 fully saturated rings.